The lowest BCUT2D eigenvalue weighted by molar-refractivity contribution is 0.260. The van der Waals surface area contributed by atoms with E-state index < -0.39 is 0 Å². The van der Waals surface area contributed by atoms with Crippen LogP contribution in [0.2, 0.25) is 0 Å². The highest BCUT2D eigenvalue weighted by Gasteiger charge is 2.16. The second kappa shape index (κ2) is 4.73. The third-order valence-electron chi connectivity index (χ3n) is 3.24. The zero-order valence-corrected chi connectivity index (χ0v) is 10.1. The molecule has 0 bridgehead atoms. The summed E-state index contributed by atoms with van der Waals surface area (Å²) >= 11 is 0. The van der Waals surface area contributed by atoms with E-state index in [1.54, 1.807) is 0 Å². The van der Waals surface area contributed by atoms with Gasteiger partial charge in [0.1, 0.15) is 0 Å². The van der Waals surface area contributed by atoms with E-state index in [4.69, 9.17) is 0 Å². The van der Waals surface area contributed by atoms with Gasteiger partial charge >= 0.3 is 0 Å². The highest BCUT2D eigenvalue weighted by Crippen LogP contribution is 2.26. The Kier molecular flexibility index (Phi) is 3.31. The number of hydrogen-bond donors (Lipinski definition) is 2. The molecule has 0 amide bonds. The van der Waals surface area contributed by atoms with Crippen molar-refractivity contribution in [2.45, 2.75) is 27.1 Å². The van der Waals surface area contributed by atoms with E-state index in [1.807, 2.05) is 44.2 Å². The molecule has 0 saturated carbocycles. The maximum Gasteiger partial charge on any atom is 0.0703 e. The van der Waals surface area contributed by atoms with Crippen molar-refractivity contribution in [3.05, 3.63) is 52.8 Å². The molecule has 3 heteroatoms. The Morgan fingerprint density at radius 3 is 1.76 bits per heavy atom. The van der Waals surface area contributed by atoms with Gasteiger partial charge in [-0.15, -0.1) is 0 Å². The van der Waals surface area contributed by atoms with Crippen LogP contribution in [0.15, 0.2) is 30.3 Å². The van der Waals surface area contributed by atoms with Gasteiger partial charge in [0, 0.05) is 28.2 Å². The van der Waals surface area contributed by atoms with E-state index in [2.05, 4.69) is 4.57 Å². The van der Waals surface area contributed by atoms with Crippen LogP contribution in [0.3, 0.4) is 0 Å². The molecular weight excluding hydrogens is 214 g/mol. The average molecular weight is 231 g/mol. The summed E-state index contributed by atoms with van der Waals surface area (Å²) in [7, 11) is 0. The predicted molar refractivity (Wildman–Crippen MR) is 67.1 cm³/mol. The Morgan fingerprint density at radius 2 is 1.35 bits per heavy atom. The molecule has 0 aliphatic heterocycles. The molecule has 1 heterocycles. The lowest BCUT2D eigenvalue weighted by Crippen LogP contribution is -1.99. The van der Waals surface area contributed by atoms with Crippen LogP contribution >= 0.6 is 0 Å². The number of para-hydroxylation sites is 1. The minimum atomic E-state index is -0.0393. The largest absolute Gasteiger partial charge is 0.392 e. The van der Waals surface area contributed by atoms with E-state index >= 15 is 0 Å². The van der Waals surface area contributed by atoms with Gasteiger partial charge < -0.3 is 14.8 Å². The minimum Gasteiger partial charge on any atom is -0.392 e. The lowest BCUT2D eigenvalue weighted by atomic mass is 10.1. The zero-order valence-electron chi connectivity index (χ0n) is 10.1. The summed E-state index contributed by atoms with van der Waals surface area (Å²) < 4.78 is 2.07. The van der Waals surface area contributed by atoms with E-state index in [0.29, 0.717) is 0 Å². The molecule has 1 aromatic heterocycles. The SMILES string of the molecule is Cc1c(CO)c(CO)c(C)n1-c1ccccc1. The fourth-order valence-corrected chi connectivity index (χ4v) is 2.34. The second-order valence-corrected chi connectivity index (χ2v) is 4.12. The molecule has 0 fully saturated rings. The monoisotopic (exact) mass is 231 g/mol. The van der Waals surface area contributed by atoms with Crippen LogP contribution in [0.4, 0.5) is 0 Å². The normalized spacial score (nSPS) is 10.8. The molecular formula is C14H17NO2. The summed E-state index contributed by atoms with van der Waals surface area (Å²) in [6.07, 6.45) is 0. The number of aromatic nitrogens is 1. The molecule has 0 atom stereocenters. The fraction of sp³-hybridized carbons (Fsp3) is 0.286. The molecule has 1 aromatic carbocycles. The van der Waals surface area contributed by atoms with Gasteiger partial charge in [-0.05, 0) is 26.0 Å². The second-order valence-electron chi connectivity index (χ2n) is 4.12. The van der Waals surface area contributed by atoms with E-state index in [-0.39, 0.29) is 13.2 Å². The zero-order chi connectivity index (χ0) is 12.4. The van der Waals surface area contributed by atoms with Crippen molar-refractivity contribution in [3.8, 4) is 5.69 Å². The first-order chi connectivity index (χ1) is 8.20. The molecule has 90 valence electrons. The number of rotatable bonds is 3. The Labute approximate surface area is 101 Å². The van der Waals surface area contributed by atoms with Gasteiger partial charge in [-0.3, -0.25) is 0 Å². The maximum atomic E-state index is 9.39. The summed E-state index contributed by atoms with van der Waals surface area (Å²) in [4.78, 5) is 0. The smallest absolute Gasteiger partial charge is 0.0703 e. The molecule has 0 radical (unpaired) electrons. The third kappa shape index (κ3) is 1.88. The first-order valence-corrected chi connectivity index (χ1v) is 5.67. The van der Waals surface area contributed by atoms with Gasteiger partial charge in [0.15, 0.2) is 0 Å². The fourth-order valence-electron chi connectivity index (χ4n) is 2.34. The van der Waals surface area contributed by atoms with Crippen molar-refractivity contribution in [3.63, 3.8) is 0 Å². The van der Waals surface area contributed by atoms with Crippen LogP contribution in [-0.4, -0.2) is 14.8 Å². The highest BCUT2D eigenvalue weighted by molar-refractivity contribution is 5.45. The average Bonchev–Trinajstić information content (AvgIpc) is 2.60. The molecule has 17 heavy (non-hydrogen) atoms. The maximum absolute atomic E-state index is 9.39. The summed E-state index contributed by atoms with van der Waals surface area (Å²) in [6, 6.07) is 9.96. The van der Waals surface area contributed by atoms with Crippen LogP contribution in [0.5, 0.6) is 0 Å². The Morgan fingerprint density at radius 1 is 0.882 bits per heavy atom. The molecule has 2 aromatic rings. The first-order valence-electron chi connectivity index (χ1n) is 5.67. The van der Waals surface area contributed by atoms with Crippen LogP contribution in [0, 0.1) is 13.8 Å². The van der Waals surface area contributed by atoms with E-state index in [0.717, 1.165) is 28.2 Å². The number of aliphatic hydroxyl groups excluding tert-OH is 2. The molecule has 0 saturated heterocycles. The van der Waals surface area contributed by atoms with Crippen molar-refractivity contribution < 1.29 is 10.2 Å². The molecule has 3 nitrogen and oxygen atoms in total. The standard InChI is InChI=1S/C14H17NO2/c1-10-13(8-16)14(9-17)11(2)15(10)12-6-4-3-5-7-12/h3-7,16-17H,8-9H2,1-2H3. The van der Waals surface area contributed by atoms with Crippen molar-refractivity contribution in [1.29, 1.82) is 0 Å². The van der Waals surface area contributed by atoms with Crippen molar-refractivity contribution in [2.24, 2.45) is 0 Å². The van der Waals surface area contributed by atoms with Crippen molar-refractivity contribution in [1.82, 2.24) is 4.57 Å². The summed E-state index contributed by atoms with van der Waals surface area (Å²) in [5, 5.41) is 18.8. The summed E-state index contributed by atoms with van der Waals surface area (Å²) in [6.45, 7) is 3.85. The van der Waals surface area contributed by atoms with Crippen LogP contribution in [-0.2, 0) is 13.2 Å². The van der Waals surface area contributed by atoms with Crippen LogP contribution < -0.4 is 0 Å². The van der Waals surface area contributed by atoms with E-state index in [9.17, 15) is 10.2 Å². The Bertz CT molecular complexity index is 487. The predicted octanol–water partition coefficient (Wildman–Crippen LogP) is 2.08. The number of nitrogens with zero attached hydrogens (tertiary/aromatic N) is 1. The number of hydrogen-bond acceptors (Lipinski definition) is 2. The summed E-state index contributed by atoms with van der Waals surface area (Å²) in [5.41, 5.74) is 4.68. The van der Waals surface area contributed by atoms with Gasteiger partial charge in [-0.25, -0.2) is 0 Å². The molecule has 2 rings (SSSR count). The molecule has 0 aliphatic rings. The molecule has 0 aliphatic carbocycles. The molecule has 0 unspecified atom stereocenters. The van der Waals surface area contributed by atoms with Gasteiger partial charge in [0.05, 0.1) is 13.2 Å². The molecule has 0 spiro atoms. The van der Waals surface area contributed by atoms with Gasteiger partial charge in [0.25, 0.3) is 0 Å². The highest BCUT2D eigenvalue weighted by atomic mass is 16.3. The van der Waals surface area contributed by atoms with Crippen molar-refractivity contribution in [2.75, 3.05) is 0 Å². The lowest BCUT2D eigenvalue weighted by Gasteiger charge is -2.09. The van der Waals surface area contributed by atoms with Gasteiger partial charge in [0.2, 0.25) is 0 Å². The Hall–Kier alpha value is -1.58. The third-order valence-corrected chi connectivity index (χ3v) is 3.24. The minimum absolute atomic E-state index is 0.0393. The quantitative estimate of drug-likeness (QED) is 0.849. The van der Waals surface area contributed by atoms with Crippen molar-refractivity contribution >= 4 is 0 Å². The van der Waals surface area contributed by atoms with Crippen LogP contribution in [0.1, 0.15) is 22.5 Å². The topological polar surface area (TPSA) is 45.4 Å². The van der Waals surface area contributed by atoms with Gasteiger partial charge in [-0.1, -0.05) is 18.2 Å². The first kappa shape index (κ1) is 11.9. The van der Waals surface area contributed by atoms with Crippen LogP contribution in [0.25, 0.3) is 5.69 Å². The number of aliphatic hydroxyl groups is 2. The molecule has 2 N–H and O–H groups in total. The van der Waals surface area contributed by atoms with Gasteiger partial charge in [-0.2, -0.15) is 0 Å². The van der Waals surface area contributed by atoms with E-state index in [1.165, 1.54) is 0 Å². The Balaban J connectivity index is 2.67. The number of benzene rings is 1. The summed E-state index contributed by atoms with van der Waals surface area (Å²) in [5.74, 6) is 0.